The lowest BCUT2D eigenvalue weighted by Gasteiger charge is -2.33. The summed E-state index contributed by atoms with van der Waals surface area (Å²) in [6.07, 6.45) is 3.25. The van der Waals surface area contributed by atoms with Crippen LogP contribution in [0.2, 0.25) is 0 Å². The SMILES string of the molecule is CC1(Oc2cccc(C#N)c2)CCCC[N]1. The second kappa shape index (κ2) is 4.54. The van der Waals surface area contributed by atoms with Gasteiger partial charge < -0.3 is 4.74 Å². The van der Waals surface area contributed by atoms with Crippen LogP contribution < -0.4 is 10.1 Å². The monoisotopic (exact) mass is 215 g/mol. The van der Waals surface area contributed by atoms with Crippen LogP contribution in [0.15, 0.2) is 24.3 Å². The lowest BCUT2D eigenvalue weighted by atomic mass is 10.0. The Morgan fingerprint density at radius 1 is 1.44 bits per heavy atom. The molecule has 1 fully saturated rings. The number of hydrogen-bond donors (Lipinski definition) is 0. The van der Waals surface area contributed by atoms with Gasteiger partial charge in [0.25, 0.3) is 0 Å². The van der Waals surface area contributed by atoms with Gasteiger partial charge in [0, 0.05) is 13.0 Å². The van der Waals surface area contributed by atoms with Crippen LogP contribution in [0.4, 0.5) is 0 Å². The normalized spacial score (nSPS) is 24.8. The molecule has 3 heteroatoms. The highest BCUT2D eigenvalue weighted by Crippen LogP contribution is 2.25. The van der Waals surface area contributed by atoms with Gasteiger partial charge in [0.2, 0.25) is 0 Å². The molecule has 1 aliphatic rings. The lowest BCUT2D eigenvalue weighted by molar-refractivity contribution is 0.0213. The Hall–Kier alpha value is -1.53. The third kappa shape index (κ3) is 2.53. The van der Waals surface area contributed by atoms with Gasteiger partial charge in [-0.25, -0.2) is 0 Å². The van der Waals surface area contributed by atoms with Crippen LogP contribution in [0.1, 0.15) is 31.7 Å². The third-order valence-corrected chi connectivity index (χ3v) is 2.80. The van der Waals surface area contributed by atoms with Crippen molar-refractivity contribution >= 4 is 0 Å². The summed E-state index contributed by atoms with van der Waals surface area (Å²) in [6.45, 7) is 2.87. The van der Waals surface area contributed by atoms with E-state index in [4.69, 9.17) is 10.00 Å². The van der Waals surface area contributed by atoms with E-state index >= 15 is 0 Å². The molecule has 0 N–H and O–H groups in total. The lowest BCUT2D eigenvalue weighted by Crippen LogP contribution is -2.45. The molecule has 0 saturated carbocycles. The molecule has 1 saturated heterocycles. The molecule has 2 rings (SSSR count). The molecule has 1 unspecified atom stereocenters. The van der Waals surface area contributed by atoms with Gasteiger partial charge in [0.05, 0.1) is 11.6 Å². The number of nitrogens with zero attached hydrogens (tertiary/aromatic N) is 2. The van der Waals surface area contributed by atoms with Crippen molar-refractivity contribution in [2.45, 2.75) is 31.9 Å². The van der Waals surface area contributed by atoms with Crippen molar-refractivity contribution in [1.82, 2.24) is 5.32 Å². The first-order valence-electron chi connectivity index (χ1n) is 5.60. The molecule has 0 aliphatic carbocycles. The molecule has 1 heterocycles. The summed E-state index contributed by atoms with van der Waals surface area (Å²) in [6, 6.07) is 9.34. The summed E-state index contributed by atoms with van der Waals surface area (Å²) in [5.41, 5.74) is 0.212. The third-order valence-electron chi connectivity index (χ3n) is 2.80. The van der Waals surface area contributed by atoms with Crippen LogP contribution in [0.25, 0.3) is 0 Å². The van der Waals surface area contributed by atoms with Crippen LogP contribution in [-0.2, 0) is 0 Å². The highest BCUT2D eigenvalue weighted by Gasteiger charge is 2.29. The molecule has 83 valence electrons. The topological polar surface area (TPSA) is 47.1 Å². The number of piperidine rings is 1. The number of nitriles is 1. The highest BCUT2D eigenvalue weighted by atomic mass is 16.5. The zero-order valence-corrected chi connectivity index (χ0v) is 9.44. The first kappa shape index (κ1) is 11.0. The molecule has 0 bridgehead atoms. The second-order valence-electron chi connectivity index (χ2n) is 4.26. The van der Waals surface area contributed by atoms with E-state index in [0.717, 1.165) is 31.6 Å². The number of hydrogen-bond acceptors (Lipinski definition) is 2. The minimum atomic E-state index is -0.410. The minimum Gasteiger partial charge on any atom is -0.472 e. The zero-order valence-electron chi connectivity index (χ0n) is 9.44. The molecule has 0 amide bonds. The standard InChI is InChI=1S/C13H15N2O/c1-13(7-2-3-8-15-13)16-12-6-4-5-11(9-12)10-14/h4-6,9H,2-3,7-8H2,1H3. The van der Waals surface area contributed by atoms with Crippen molar-refractivity contribution < 1.29 is 4.74 Å². The molecule has 0 spiro atoms. The fourth-order valence-electron chi connectivity index (χ4n) is 1.93. The Kier molecular flexibility index (Phi) is 3.12. The Bertz CT molecular complexity index is 403. The summed E-state index contributed by atoms with van der Waals surface area (Å²) in [5, 5.41) is 13.3. The van der Waals surface area contributed by atoms with Gasteiger partial charge >= 0.3 is 0 Å². The van der Waals surface area contributed by atoms with Gasteiger partial charge in [-0.15, -0.1) is 0 Å². The quantitative estimate of drug-likeness (QED) is 0.760. The van der Waals surface area contributed by atoms with Gasteiger partial charge in [-0.05, 0) is 38.0 Å². The Balaban J connectivity index is 2.10. The summed E-state index contributed by atoms with van der Waals surface area (Å²) in [4.78, 5) is 0. The first-order valence-corrected chi connectivity index (χ1v) is 5.60. The van der Waals surface area contributed by atoms with Crippen LogP contribution >= 0.6 is 0 Å². The molecular weight excluding hydrogens is 200 g/mol. The first-order chi connectivity index (χ1) is 7.72. The largest absolute Gasteiger partial charge is 0.472 e. The van der Waals surface area contributed by atoms with Crippen molar-refractivity contribution in [3.8, 4) is 11.8 Å². The molecule has 3 nitrogen and oxygen atoms in total. The number of rotatable bonds is 2. The van der Waals surface area contributed by atoms with E-state index in [-0.39, 0.29) is 0 Å². The Morgan fingerprint density at radius 2 is 2.31 bits per heavy atom. The summed E-state index contributed by atoms with van der Waals surface area (Å²) >= 11 is 0. The molecule has 0 aromatic heterocycles. The van der Waals surface area contributed by atoms with E-state index in [1.807, 2.05) is 19.1 Å². The summed E-state index contributed by atoms with van der Waals surface area (Å²) < 4.78 is 5.87. The fourth-order valence-corrected chi connectivity index (χ4v) is 1.93. The van der Waals surface area contributed by atoms with Crippen molar-refractivity contribution in [2.75, 3.05) is 6.54 Å². The predicted molar refractivity (Wildman–Crippen MR) is 61.0 cm³/mol. The molecule has 1 aromatic rings. The van der Waals surface area contributed by atoms with E-state index in [9.17, 15) is 0 Å². The minimum absolute atomic E-state index is 0.410. The van der Waals surface area contributed by atoms with Crippen molar-refractivity contribution in [1.29, 1.82) is 5.26 Å². The van der Waals surface area contributed by atoms with Crippen molar-refractivity contribution in [3.63, 3.8) is 0 Å². The maximum atomic E-state index is 8.80. The average Bonchev–Trinajstić information content (AvgIpc) is 2.29. The van der Waals surface area contributed by atoms with E-state index in [2.05, 4.69) is 11.4 Å². The Labute approximate surface area is 96.0 Å². The summed E-state index contributed by atoms with van der Waals surface area (Å²) in [7, 11) is 0. The van der Waals surface area contributed by atoms with Crippen molar-refractivity contribution in [2.24, 2.45) is 0 Å². The van der Waals surface area contributed by atoms with Gasteiger partial charge in [-0.2, -0.15) is 10.6 Å². The molecule has 1 atom stereocenters. The highest BCUT2D eigenvalue weighted by molar-refractivity contribution is 5.36. The Morgan fingerprint density at radius 3 is 3.00 bits per heavy atom. The summed E-state index contributed by atoms with van der Waals surface area (Å²) in [5.74, 6) is 0.729. The number of benzene rings is 1. The van der Waals surface area contributed by atoms with Gasteiger partial charge in [-0.1, -0.05) is 6.07 Å². The van der Waals surface area contributed by atoms with E-state index in [1.165, 1.54) is 0 Å². The maximum Gasteiger partial charge on any atom is 0.173 e. The van der Waals surface area contributed by atoms with E-state index < -0.39 is 5.72 Å². The maximum absolute atomic E-state index is 8.80. The zero-order chi connectivity index (χ0) is 11.4. The van der Waals surface area contributed by atoms with E-state index in [1.54, 1.807) is 12.1 Å². The predicted octanol–water partition coefficient (Wildman–Crippen LogP) is 2.44. The van der Waals surface area contributed by atoms with Crippen LogP contribution in [-0.4, -0.2) is 12.3 Å². The molecule has 16 heavy (non-hydrogen) atoms. The van der Waals surface area contributed by atoms with Crippen LogP contribution in [0.3, 0.4) is 0 Å². The van der Waals surface area contributed by atoms with Crippen molar-refractivity contribution in [3.05, 3.63) is 29.8 Å². The molecule has 1 aliphatic heterocycles. The average molecular weight is 215 g/mol. The number of ether oxygens (including phenoxy) is 1. The van der Waals surface area contributed by atoms with Gasteiger partial charge in [0.1, 0.15) is 5.75 Å². The van der Waals surface area contributed by atoms with Crippen LogP contribution in [0, 0.1) is 11.3 Å². The van der Waals surface area contributed by atoms with Gasteiger partial charge in [-0.3, -0.25) is 0 Å². The fraction of sp³-hybridized carbons (Fsp3) is 0.462. The smallest absolute Gasteiger partial charge is 0.173 e. The molecule has 1 radical (unpaired) electrons. The van der Waals surface area contributed by atoms with E-state index in [0.29, 0.717) is 5.56 Å². The molecular formula is C13H15N2O. The van der Waals surface area contributed by atoms with Crippen LogP contribution in [0.5, 0.6) is 5.75 Å². The van der Waals surface area contributed by atoms with Gasteiger partial charge in [0.15, 0.2) is 5.72 Å². The second-order valence-corrected chi connectivity index (χ2v) is 4.26. The molecule has 1 aromatic carbocycles.